The maximum Gasteiger partial charge on any atom is 0.389 e. The lowest BCUT2D eigenvalue weighted by Crippen LogP contribution is -2.37. The number of fused-ring (bicyclic) bond motifs is 1. The smallest absolute Gasteiger partial charge is 0.314 e. The topological polar surface area (TPSA) is 12.0 Å². The minimum Gasteiger partial charge on any atom is -0.314 e. The number of aryl methyl sites for hydroxylation is 1. The summed E-state index contributed by atoms with van der Waals surface area (Å²) in [5, 5.41) is 3.27. The zero-order valence-electron chi connectivity index (χ0n) is 11.8. The maximum atomic E-state index is 12.5. The third-order valence-electron chi connectivity index (χ3n) is 4.11. The van der Waals surface area contributed by atoms with Crippen LogP contribution in [-0.4, -0.2) is 18.8 Å². The molecule has 2 rings (SSSR count). The summed E-state index contributed by atoms with van der Waals surface area (Å²) in [5.41, 5.74) is 2.55. The fraction of sp³-hybridized carbons (Fsp3) is 0.625. The van der Waals surface area contributed by atoms with Crippen LogP contribution in [0.5, 0.6) is 0 Å². The largest absolute Gasteiger partial charge is 0.389 e. The minimum absolute atomic E-state index is 0.0805. The van der Waals surface area contributed by atoms with E-state index in [1.54, 1.807) is 0 Å². The molecule has 112 valence electrons. The van der Waals surface area contributed by atoms with E-state index in [-0.39, 0.29) is 18.4 Å². The molecule has 0 aromatic heterocycles. The first kappa shape index (κ1) is 15.4. The predicted molar refractivity (Wildman–Crippen MR) is 74.9 cm³/mol. The Kier molecular flexibility index (Phi) is 5.08. The van der Waals surface area contributed by atoms with Crippen molar-refractivity contribution in [2.75, 3.05) is 6.54 Å². The molecule has 0 bridgehead atoms. The first-order valence-electron chi connectivity index (χ1n) is 7.39. The molecule has 2 atom stereocenters. The molecule has 1 aromatic carbocycles. The number of likely N-dealkylation sites (N-methyl/N-ethyl adjacent to an activating group) is 1. The van der Waals surface area contributed by atoms with Gasteiger partial charge in [-0.15, -0.1) is 0 Å². The zero-order chi connectivity index (χ0) is 14.6. The van der Waals surface area contributed by atoms with Crippen molar-refractivity contribution in [1.82, 2.24) is 5.32 Å². The molecule has 0 heterocycles. The normalized spacial score (nSPS) is 20.5. The number of rotatable bonds is 5. The van der Waals surface area contributed by atoms with Gasteiger partial charge in [0.25, 0.3) is 0 Å². The summed E-state index contributed by atoms with van der Waals surface area (Å²) < 4.78 is 37.5. The molecule has 1 aliphatic carbocycles. The van der Waals surface area contributed by atoms with E-state index in [2.05, 4.69) is 17.4 Å². The average Bonchev–Trinajstić information content (AvgIpc) is 2.42. The van der Waals surface area contributed by atoms with E-state index in [1.807, 2.05) is 19.1 Å². The summed E-state index contributed by atoms with van der Waals surface area (Å²) in [6, 6.07) is 8.11. The molecule has 0 fully saturated rings. The van der Waals surface area contributed by atoms with Gasteiger partial charge in [-0.05, 0) is 49.3 Å². The van der Waals surface area contributed by atoms with E-state index in [1.165, 1.54) is 11.1 Å². The maximum absolute atomic E-state index is 12.5. The van der Waals surface area contributed by atoms with Crippen LogP contribution in [0.25, 0.3) is 0 Å². The fourth-order valence-corrected chi connectivity index (χ4v) is 3.24. The third kappa shape index (κ3) is 3.98. The highest BCUT2D eigenvalue weighted by molar-refractivity contribution is 5.33. The first-order valence-corrected chi connectivity index (χ1v) is 7.39. The number of benzene rings is 1. The quantitative estimate of drug-likeness (QED) is 0.844. The Morgan fingerprint density at radius 2 is 2.05 bits per heavy atom. The lowest BCUT2D eigenvalue weighted by atomic mass is 9.77. The SMILES string of the molecule is CCNC(CCC(F)(F)F)C1CCCc2ccccc21. The van der Waals surface area contributed by atoms with Crippen LogP contribution in [0.2, 0.25) is 0 Å². The average molecular weight is 285 g/mol. The van der Waals surface area contributed by atoms with Gasteiger partial charge in [-0.25, -0.2) is 0 Å². The van der Waals surface area contributed by atoms with Crippen LogP contribution in [0.4, 0.5) is 13.2 Å². The Morgan fingerprint density at radius 3 is 2.75 bits per heavy atom. The van der Waals surface area contributed by atoms with Gasteiger partial charge in [0.1, 0.15) is 0 Å². The molecule has 2 unspecified atom stereocenters. The molecular formula is C16H22F3N. The number of nitrogens with one attached hydrogen (secondary N) is 1. The van der Waals surface area contributed by atoms with Crippen molar-refractivity contribution in [2.24, 2.45) is 0 Å². The second-order valence-electron chi connectivity index (χ2n) is 5.52. The number of alkyl halides is 3. The van der Waals surface area contributed by atoms with Gasteiger partial charge in [0.2, 0.25) is 0 Å². The number of halogens is 3. The van der Waals surface area contributed by atoms with Gasteiger partial charge in [-0.2, -0.15) is 13.2 Å². The molecule has 4 heteroatoms. The first-order chi connectivity index (χ1) is 9.51. The molecule has 0 aliphatic heterocycles. The highest BCUT2D eigenvalue weighted by Crippen LogP contribution is 2.36. The van der Waals surface area contributed by atoms with Gasteiger partial charge >= 0.3 is 6.18 Å². The zero-order valence-corrected chi connectivity index (χ0v) is 11.8. The summed E-state index contributed by atoms with van der Waals surface area (Å²) in [7, 11) is 0. The molecule has 1 aliphatic rings. The van der Waals surface area contributed by atoms with Crippen LogP contribution >= 0.6 is 0 Å². The molecule has 1 N–H and O–H groups in total. The van der Waals surface area contributed by atoms with Crippen LogP contribution in [0, 0.1) is 0 Å². The van der Waals surface area contributed by atoms with Crippen LogP contribution in [0.1, 0.15) is 49.7 Å². The second-order valence-corrected chi connectivity index (χ2v) is 5.52. The molecule has 0 saturated carbocycles. The van der Waals surface area contributed by atoms with Crippen molar-refractivity contribution in [3.8, 4) is 0 Å². The summed E-state index contributed by atoms with van der Waals surface area (Å²) in [4.78, 5) is 0. The minimum atomic E-state index is -4.07. The Morgan fingerprint density at radius 1 is 1.30 bits per heavy atom. The number of hydrogen-bond donors (Lipinski definition) is 1. The standard InChI is InChI=1S/C16H22F3N/c1-2-20-15(10-11-16(17,18)19)14-9-5-7-12-6-3-4-8-13(12)14/h3-4,6,8,14-15,20H,2,5,7,9-11H2,1H3. The second kappa shape index (κ2) is 6.61. The van der Waals surface area contributed by atoms with Gasteiger partial charge in [0.05, 0.1) is 0 Å². The summed E-state index contributed by atoms with van der Waals surface area (Å²) in [6.45, 7) is 2.66. The Hall–Kier alpha value is -1.03. The highest BCUT2D eigenvalue weighted by atomic mass is 19.4. The van der Waals surface area contributed by atoms with Crippen molar-refractivity contribution >= 4 is 0 Å². The molecular weight excluding hydrogens is 263 g/mol. The monoisotopic (exact) mass is 285 g/mol. The highest BCUT2D eigenvalue weighted by Gasteiger charge is 2.32. The van der Waals surface area contributed by atoms with Gasteiger partial charge in [0, 0.05) is 12.5 Å². The van der Waals surface area contributed by atoms with E-state index in [0.29, 0.717) is 6.54 Å². The Bertz CT molecular complexity index is 428. The summed E-state index contributed by atoms with van der Waals surface area (Å²) in [6.07, 6.45) is -1.52. The fourth-order valence-electron chi connectivity index (χ4n) is 3.24. The molecule has 0 saturated heterocycles. The van der Waals surface area contributed by atoms with Gasteiger partial charge in [-0.1, -0.05) is 31.2 Å². The van der Waals surface area contributed by atoms with E-state index < -0.39 is 12.6 Å². The van der Waals surface area contributed by atoms with Gasteiger partial charge < -0.3 is 5.32 Å². The van der Waals surface area contributed by atoms with Gasteiger partial charge in [0.15, 0.2) is 0 Å². The summed E-state index contributed by atoms with van der Waals surface area (Å²) >= 11 is 0. The molecule has 1 aromatic rings. The number of hydrogen-bond acceptors (Lipinski definition) is 1. The molecule has 20 heavy (non-hydrogen) atoms. The van der Waals surface area contributed by atoms with E-state index in [0.717, 1.165) is 19.3 Å². The molecule has 0 amide bonds. The van der Waals surface area contributed by atoms with Gasteiger partial charge in [-0.3, -0.25) is 0 Å². The molecule has 0 spiro atoms. The Labute approximate surface area is 118 Å². The molecule has 1 nitrogen and oxygen atoms in total. The van der Waals surface area contributed by atoms with E-state index in [9.17, 15) is 13.2 Å². The van der Waals surface area contributed by atoms with Crippen molar-refractivity contribution < 1.29 is 13.2 Å². The van der Waals surface area contributed by atoms with Crippen LogP contribution < -0.4 is 5.32 Å². The lowest BCUT2D eigenvalue weighted by Gasteiger charge is -2.33. The van der Waals surface area contributed by atoms with E-state index >= 15 is 0 Å². The van der Waals surface area contributed by atoms with Crippen LogP contribution in [0.15, 0.2) is 24.3 Å². The predicted octanol–water partition coefficient (Wildman–Crippen LogP) is 4.43. The summed E-state index contributed by atoms with van der Waals surface area (Å²) in [5.74, 6) is 0.210. The van der Waals surface area contributed by atoms with E-state index in [4.69, 9.17) is 0 Å². The van der Waals surface area contributed by atoms with Crippen LogP contribution in [-0.2, 0) is 6.42 Å². The lowest BCUT2D eigenvalue weighted by molar-refractivity contribution is -0.137. The van der Waals surface area contributed by atoms with Crippen molar-refractivity contribution in [3.05, 3.63) is 35.4 Å². The van der Waals surface area contributed by atoms with Crippen LogP contribution in [0.3, 0.4) is 0 Å². The van der Waals surface area contributed by atoms with Crippen molar-refractivity contribution in [1.29, 1.82) is 0 Å². The molecule has 0 radical (unpaired) electrons. The van der Waals surface area contributed by atoms with Crippen molar-refractivity contribution in [2.45, 2.75) is 57.2 Å². The third-order valence-corrected chi connectivity index (χ3v) is 4.11. The van der Waals surface area contributed by atoms with Crippen molar-refractivity contribution in [3.63, 3.8) is 0 Å². The Balaban J connectivity index is 2.13.